The molecule has 2 saturated heterocycles. The van der Waals surface area contributed by atoms with Crippen molar-refractivity contribution in [1.82, 2.24) is 4.90 Å². The van der Waals surface area contributed by atoms with Crippen molar-refractivity contribution < 1.29 is 4.74 Å². The first-order chi connectivity index (χ1) is 12.4. The van der Waals surface area contributed by atoms with E-state index in [1.165, 1.54) is 31.5 Å². The number of aliphatic imine (C=N–C) groups is 1. The van der Waals surface area contributed by atoms with Crippen LogP contribution < -0.4 is 9.64 Å². The Kier molecular flexibility index (Phi) is 3.71. The summed E-state index contributed by atoms with van der Waals surface area (Å²) in [6, 6.07) is 15.0. The van der Waals surface area contributed by atoms with E-state index in [2.05, 4.69) is 26.9 Å². The van der Waals surface area contributed by atoms with Crippen LogP contribution in [0, 0.1) is 0 Å². The van der Waals surface area contributed by atoms with Gasteiger partial charge in [-0.15, -0.1) is 0 Å². The number of nitrogens with zero attached hydrogens (tertiary/aromatic N) is 3. The summed E-state index contributed by atoms with van der Waals surface area (Å²) < 4.78 is 6.18. The predicted octanol–water partition coefficient (Wildman–Crippen LogP) is 4.22. The number of hydrogen-bond donors (Lipinski definition) is 0. The summed E-state index contributed by atoms with van der Waals surface area (Å²) >= 11 is 0. The molecule has 0 unspecified atom stereocenters. The minimum atomic E-state index is 0.694. The summed E-state index contributed by atoms with van der Waals surface area (Å²) in [5, 5.41) is 0. The first-order valence-electron chi connectivity index (χ1n) is 9.31. The molecular weight excluding hydrogens is 310 g/mol. The van der Waals surface area contributed by atoms with E-state index >= 15 is 0 Å². The van der Waals surface area contributed by atoms with E-state index in [1.807, 2.05) is 36.5 Å². The quantitative estimate of drug-likeness (QED) is 0.667. The van der Waals surface area contributed by atoms with E-state index in [1.54, 1.807) is 0 Å². The van der Waals surface area contributed by atoms with E-state index in [-0.39, 0.29) is 0 Å². The molecular formula is C21H23N3O. The first kappa shape index (κ1) is 15.0. The minimum absolute atomic E-state index is 0.694. The zero-order valence-electron chi connectivity index (χ0n) is 14.4. The molecule has 0 spiro atoms. The van der Waals surface area contributed by atoms with Gasteiger partial charge in [0.25, 0.3) is 0 Å². The molecule has 2 aromatic rings. The van der Waals surface area contributed by atoms with Crippen molar-refractivity contribution in [3.63, 3.8) is 0 Å². The Labute approximate surface area is 148 Å². The number of fused-ring (bicyclic) bond motifs is 3. The monoisotopic (exact) mass is 333 g/mol. The summed E-state index contributed by atoms with van der Waals surface area (Å²) in [7, 11) is 0. The molecule has 0 saturated carbocycles. The van der Waals surface area contributed by atoms with Crippen molar-refractivity contribution in [3.8, 4) is 11.5 Å². The highest BCUT2D eigenvalue weighted by atomic mass is 16.5. The molecule has 0 aromatic heterocycles. The van der Waals surface area contributed by atoms with Gasteiger partial charge in [-0.2, -0.15) is 0 Å². The van der Waals surface area contributed by atoms with E-state index in [4.69, 9.17) is 4.74 Å². The Morgan fingerprint density at radius 1 is 0.920 bits per heavy atom. The number of ether oxygens (including phenoxy) is 1. The smallest absolute Gasteiger partial charge is 0.153 e. The van der Waals surface area contributed by atoms with E-state index < -0.39 is 0 Å². The van der Waals surface area contributed by atoms with Gasteiger partial charge in [-0.3, -0.25) is 9.89 Å². The molecule has 0 amide bonds. The molecule has 5 rings (SSSR count). The van der Waals surface area contributed by atoms with Crippen LogP contribution in [0.2, 0.25) is 0 Å². The Morgan fingerprint density at radius 2 is 1.84 bits per heavy atom. The third-order valence-corrected chi connectivity index (χ3v) is 5.64. The van der Waals surface area contributed by atoms with Crippen LogP contribution in [0.4, 0.5) is 11.4 Å². The first-order valence-corrected chi connectivity index (χ1v) is 9.31. The van der Waals surface area contributed by atoms with Gasteiger partial charge < -0.3 is 9.64 Å². The second-order valence-corrected chi connectivity index (χ2v) is 7.15. The van der Waals surface area contributed by atoms with Crippen LogP contribution in [0.15, 0.2) is 47.5 Å². The third kappa shape index (κ3) is 2.71. The predicted molar refractivity (Wildman–Crippen MR) is 102 cm³/mol. The Hall–Kier alpha value is -2.33. The van der Waals surface area contributed by atoms with Crippen molar-refractivity contribution in [2.75, 3.05) is 31.1 Å². The fraction of sp³-hybridized carbons (Fsp3) is 0.381. The van der Waals surface area contributed by atoms with E-state index in [0.717, 1.165) is 42.4 Å². The number of anilines is 1. The van der Waals surface area contributed by atoms with Crippen LogP contribution in [0.3, 0.4) is 0 Å². The van der Waals surface area contributed by atoms with Gasteiger partial charge in [0.05, 0.1) is 5.56 Å². The number of para-hydroxylation sites is 2. The largest absolute Gasteiger partial charge is 0.454 e. The van der Waals surface area contributed by atoms with Gasteiger partial charge in [-0.05, 0) is 43.7 Å². The molecule has 0 N–H and O–H groups in total. The van der Waals surface area contributed by atoms with Crippen molar-refractivity contribution in [3.05, 3.63) is 48.0 Å². The average Bonchev–Trinajstić information content (AvgIpc) is 2.86. The van der Waals surface area contributed by atoms with Crippen LogP contribution in [0.1, 0.15) is 24.8 Å². The summed E-state index contributed by atoms with van der Waals surface area (Å²) in [6.45, 7) is 4.61. The maximum absolute atomic E-state index is 6.18. The highest BCUT2D eigenvalue weighted by molar-refractivity contribution is 5.94. The number of piperazine rings is 1. The number of benzene rings is 2. The van der Waals surface area contributed by atoms with E-state index in [9.17, 15) is 0 Å². The fourth-order valence-corrected chi connectivity index (χ4v) is 4.30. The number of hydrogen-bond acceptors (Lipinski definition) is 4. The third-order valence-electron chi connectivity index (χ3n) is 5.64. The molecule has 25 heavy (non-hydrogen) atoms. The van der Waals surface area contributed by atoms with Crippen LogP contribution in [0.25, 0.3) is 0 Å². The van der Waals surface area contributed by atoms with Gasteiger partial charge in [-0.25, -0.2) is 0 Å². The van der Waals surface area contributed by atoms with Gasteiger partial charge in [0.2, 0.25) is 0 Å². The second kappa shape index (κ2) is 6.19. The molecule has 0 bridgehead atoms. The zero-order chi connectivity index (χ0) is 16.6. The van der Waals surface area contributed by atoms with Crippen LogP contribution >= 0.6 is 0 Å². The number of rotatable bonds is 1. The standard InChI is InChI=1S/C21H23N3O/c1-2-9-21-18(7-1)22-14-17-19(8-5-10-20(17)25-21)24-13-12-23-11-4-3-6-16(23)15-24/h1-2,5,7-10,14,16H,3-4,6,11-13,15H2/t16-/m1/s1. The molecule has 128 valence electrons. The number of piperidine rings is 1. The average molecular weight is 333 g/mol. The van der Waals surface area contributed by atoms with Crippen LogP contribution in [-0.4, -0.2) is 43.3 Å². The Balaban J connectivity index is 1.49. The SMILES string of the molecule is C1=Nc2ccccc2Oc2cccc(N3CCN4CCCC[C@@H]4C3)c21. The van der Waals surface area contributed by atoms with Crippen LogP contribution in [-0.2, 0) is 0 Å². The maximum Gasteiger partial charge on any atom is 0.153 e. The van der Waals surface area contributed by atoms with Gasteiger partial charge in [0, 0.05) is 37.6 Å². The molecule has 0 aliphatic carbocycles. The maximum atomic E-state index is 6.18. The summed E-state index contributed by atoms with van der Waals surface area (Å²) in [6.07, 6.45) is 6.02. The van der Waals surface area contributed by atoms with Crippen LogP contribution in [0.5, 0.6) is 11.5 Å². The fourth-order valence-electron chi connectivity index (χ4n) is 4.30. The zero-order valence-corrected chi connectivity index (χ0v) is 14.4. The van der Waals surface area contributed by atoms with E-state index in [0.29, 0.717) is 6.04 Å². The minimum Gasteiger partial charge on any atom is -0.454 e. The molecule has 3 heterocycles. The molecule has 4 heteroatoms. The topological polar surface area (TPSA) is 28.1 Å². The summed E-state index contributed by atoms with van der Waals surface area (Å²) in [4.78, 5) is 9.87. The molecule has 3 aliphatic rings. The molecule has 2 aromatic carbocycles. The van der Waals surface area contributed by atoms with Gasteiger partial charge >= 0.3 is 0 Å². The lowest BCUT2D eigenvalue weighted by Crippen LogP contribution is -2.55. The molecule has 1 atom stereocenters. The second-order valence-electron chi connectivity index (χ2n) is 7.15. The van der Waals surface area contributed by atoms with Gasteiger partial charge in [0.15, 0.2) is 5.75 Å². The molecule has 2 fully saturated rings. The highest BCUT2D eigenvalue weighted by Gasteiger charge is 2.30. The molecule has 3 aliphatic heterocycles. The highest BCUT2D eigenvalue weighted by Crippen LogP contribution is 2.39. The lowest BCUT2D eigenvalue weighted by molar-refractivity contribution is 0.133. The van der Waals surface area contributed by atoms with Gasteiger partial charge in [-0.1, -0.05) is 24.6 Å². The summed E-state index contributed by atoms with van der Waals surface area (Å²) in [5.41, 5.74) is 3.24. The van der Waals surface area contributed by atoms with Crippen molar-refractivity contribution in [1.29, 1.82) is 0 Å². The lowest BCUT2D eigenvalue weighted by atomic mass is 9.98. The van der Waals surface area contributed by atoms with Crippen molar-refractivity contribution in [2.24, 2.45) is 4.99 Å². The lowest BCUT2D eigenvalue weighted by Gasteiger charge is -2.45. The van der Waals surface area contributed by atoms with Crippen molar-refractivity contribution >= 4 is 17.6 Å². The van der Waals surface area contributed by atoms with Gasteiger partial charge in [0.1, 0.15) is 11.4 Å². The normalized spacial score (nSPS) is 22.4. The molecule has 0 radical (unpaired) electrons. The molecule has 4 nitrogen and oxygen atoms in total. The van der Waals surface area contributed by atoms with Crippen molar-refractivity contribution in [2.45, 2.75) is 25.3 Å². The summed E-state index contributed by atoms with van der Waals surface area (Å²) in [5.74, 6) is 1.73. The Morgan fingerprint density at radius 3 is 2.84 bits per heavy atom. The Bertz CT molecular complexity index is 817.